The van der Waals surface area contributed by atoms with Crippen molar-refractivity contribution in [2.24, 2.45) is 0 Å². The monoisotopic (exact) mass is 317 g/mol. The summed E-state index contributed by atoms with van der Waals surface area (Å²) >= 11 is 6.13. The van der Waals surface area contributed by atoms with Crippen LogP contribution in [0.15, 0.2) is 22.7 Å². The molecule has 1 saturated heterocycles. The molecule has 1 aromatic heterocycles. The minimum absolute atomic E-state index is 0.0457. The highest BCUT2D eigenvalue weighted by atomic mass is 35.5. The predicted molar refractivity (Wildman–Crippen MR) is 82.8 cm³/mol. The Morgan fingerprint density at radius 1 is 1.41 bits per heavy atom. The fraction of sp³-hybridized carbons (Fsp3) is 0.400. The van der Waals surface area contributed by atoms with Gasteiger partial charge in [0, 0.05) is 25.3 Å². The van der Waals surface area contributed by atoms with Crippen LogP contribution in [0.4, 0.5) is 5.69 Å². The Balaban J connectivity index is 1.84. The molecule has 0 bridgehead atoms. The maximum atomic E-state index is 8.97. The number of nitrogens with zero attached hydrogens (tertiary/aromatic N) is 5. The first kappa shape index (κ1) is 14.8. The largest absolute Gasteiger partial charge is 0.368 e. The number of aryl methyl sites for hydroxylation is 1. The van der Waals surface area contributed by atoms with Crippen LogP contribution >= 0.6 is 11.6 Å². The van der Waals surface area contributed by atoms with Crippen LogP contribution in [0.3, 0.4) is 0 Å². The van der Waals surface area contributed by atoms with Gasteiger partial charge in [-0.2, -0.15) is 10.2 Å². The first-order valence-corrected chi connectivity index (χ1v) is 7.41. The van der Waals surface area contributed by atoms with Crippen molar-refractivity contribution in [3.05, 3.63) is 40.5 Å². The number of anilines is 1. The summed E-state index contributed by atoms with van der Waals surface area (Å²) in [6.07, 6.45) is 0. The zero-order chi connectivity index (χ0) is 15.7. The van der Waals surface area contributed by atoms with Crippen LogP contribution in [0.25, 0.3) is 0 Å². The molecule has 0 N–H and O–H groups in total. The van der Waals surface area contributed by atoms with E-state index in [-0.39, 0.29) is 6.04 Å². The molecule has 0 amide bonds. The number of rotatable bonds is 2. The summed E-state index contributed by atoms with van der Waals surface area (Å²) in [7, 11) is 2.05. The zero-order valence-electron chi connectivity index (χ0n) is 12.5. The van der Waals surface area contributed by atoms with Gasteiger partial charge in [-0.3, -0.25) is 4.90 Å². The van der Waals surface area contributed by atoms with E-state index < -0.39 is 0 Å². The zero-order valence-corrected chi connectivity index (χ0v) is 13.2. The summed E-state index contributed by atoms with van der Waals surface area (Å²) in [5.74, 6) is 1.27. The van der Waals surface area contributed by atoms with E-state index in [0.717, 1.165) is 25.3 Å². The lowest BCUT2D eigenvalue weighted by molar-refractivity contribution is 0.177. The maximum Gasteiger partial charge on any atom is 0.245 e. The molecular formula is C15H16ClN5O. The van der Waals surface area contributed by atoms with Gasteiger partial charge in [-0.25, -0.2) is 0 Å². The highest BCUT2D eigenvalue weighted by molar-refractivity contribution is 6.32. The van der Waals surface area contributed by atoms with Crippen LogP contribution in [-0.2, 0) is 0 Å². The Morgan fingerprint density at radius 3 is 2.86 bits per heavy atom. The molecule has 0 aliphatic carbocycles. The summed E-state index contributed by atoms with van der Waals surface area (Å²) in [5.41, 5.74) is 1.49. The van der Waals surface area contributed by atoms with Crippen molar-refractivity contribution in [1.29, 1.82) is 5.26 Å². The molecule has 1 aromatic carbocycles. The molecular weight excluding hydrogens is 302 g/mol. The average Bonchev–Trinajstić information content (AvgIpc) is 2.94. The second kappa shape index (κ2) is 5.95. The molecule has 7 heteroatoms. The molecule has 6 nitrogen and oxygen atoms in total. The lowest BCUT2D eigenvalue weighted by atomic mass is 10.1. The average molecular weight is 318 g/mol. The van der Waals surface area contributed by atoms with Crippen LogP contribution in [0.5, 0.6) is 0 Å². The second-order valence-corrected chi connectivity index (χ2v) is 5.81. The van der Waals surface area contributed by atoms with Gasteiger partial charge >= 0.3 is 0 Å². The topological polar surface area (TPSA) is 69.2 Å². The van der Waals surface area contributed by atoms with Gasteiger partial charge in [0.25, 0.3) is 0 Å². The quantitative estimate of drug-likeness (QED) is 0.847. The lowest BCUT2D eigenvalue weighted by Gasteiger charge is -2.38. The van der Waals surface area contributed by atoms with Gasteiger partial charge in [0.1, 0.15) is 12.1 Å². The standard InChI is InChI=1S/C15H16ClN5O/c1-10-18-15(22-19-10)14-9-21(6-5-20(14)2)12-4-3-11(8-17)13(16)7-12/h3-4,7,14H,5-6,9H2,1-2H3/t14-/m0/s1. The third-order valence-corrected chi connectivity index (χ3v) is 4.23. The Labute approximate surface area is 133 Å². The molecule has 0 radical (unpaired) electrons. The highest BCUT2D eigenvalue weighted by Crippen LogP contribution is 2.29. The number of halogens is 1. The number of hydrogen-bond acceptors (Lipinski definition) is 6. The Hall–Kier alpha value is -2.10. The molecule has 1 fully saturated rings. The van der Waals surface area contributed by atoms with Crippen molar-refractivity contribution >= 4 is 17.3 Å². The molecule has 2 heterocycles. The van der Waals surface area contributed by atoms with Gasteiger partial charge < -0.3 is 9.42 Å². The number of piperazine rings is 1. The Kier molecular flexibility index (Phi) is 4.01. The molecule has 0 saturated carbocycles. The van der Waals surface area contributed by atoms with E-state index in [4.69, 9.17) is 21.4 Å². The van der Waals surface area contributed by atoms with Gasteiger partial charge in [0.15, 0.2) is 5.82 Å². The molecule has 3 rings (SSSR count). The molecule has 22 heavy (non-hydrogen) atoms. The van der Waals surface area contributed by atoms with Crippen molar-refractivity contribution in [3.8, 4) is 6.07 Å². The third kappa shape index (κ3) is 2.78. The molecule has 0 unspecified atom stereocenters. The Morgan fingerprint density at radius 2 is 2.23 bits per heavy atom. The lowest BCUT2D eigenvalue weighted by Crippen LogP contribution is -2.46. The van der Waals surface area contributed by atoms with Crippen molar-refractivity contribution in [2.45, 2.75) is 13.0 Å². The van der Waals surface area contributed by atoms with Crippen LogP contribution < -0.4 is 4.90 Å². The number of hydrogen-bond donors (Lipinski definition) is 0. The molecule has 114 valence electrons. The number of nitriles is 1. The first-order chi connectivity index (χ1) is 10.6. The van der Waals surface area contributed by atoms with Gasteiger partial charge in [0.05, 0.1) is 10.6 Å². The molecule has 1 aliphatic heterocycles. The van der Waals surface area contributed by atoms with Crippen LogP contribution in [0, 0.1) is 18.3 Å². The second-order valence-electron chi connectivity index (χ2n) is 5.40. The summed E-state index contributed by atoms with van der Waals surface area (Å²) in [5, 5.41) is 13.3. The van der Waals surface area contributed by atoms with Gasteiger partial charge in [-0.05, 0) is 32.2 Å². The van der Waals surface area contributed by atoms with E-state index in [1.165, 1.54) is 0 Å². The third-order valence-electron chi connectivity index (χ3n) is 3.91. The molecule has 1 aliphatic rings. The summed E-state index contributed by atoms with van der Waals surface area (Å²) in [6, 6.07) is 7.63. The van der Waals surface area contributed by atoms with E-state index in [1.54, 1.807) is 6.07 Å². The minimum Gasteiger partial charge on any atom is -0.368 e. The minimum atomic E-state index is 0.0457. The van der Waals surface area contributed by atoms with Crippen LogP contribution in [-0.4, -0.2) is 41.7 Å². The van der Waals surface area contributed by atoms with E-state index in [1.807, 2.05) is 26.1 Å². The number of likely N-dealkylation sites (N-methyl/N-ethyl adjacent to an activating group) is 1. The van der Waals surface area contributed by atoms with Crippen molar-refractivity contribution < 1.29 is 4.52 Å². The van der Waals surface area contributed by atoms with Gasteiger partial charge in [-0.1, -0.05) is 16.8 Å². The van der Waals surface area contributed by atoms with Gasteiger partial charge in [0.2, 0.25) is 5.89 Å². The summed E-state index contributed by atoms with van der Waals surface area (Å²) in [6.45, 7) is 4.31. The van der Waals surface area contributed by atoms with Crippen LogP contribution in [0.1, 0.15) is 23.3 Å². The van der Waals surface area contributed by atoms with Crippen molar-refractivity contribution in [2.75, 3.05) is 31.6 Å². The fourth-order valence-corrected chi connectivity index (χ4v) is 2.83. The fourth-order valence-electron chi connectivity index (χ4n) is 2.61. The summed E-state index contributed by atoms with van der Waals surface area (Å²) in [4.78, 5) is 8.77. The molecule has 1 atom stereocenters. The maximum absolute atomic E-state index is 8.97. The van der Waals surface area contributed by atoms with E-state index in [9.17, 15) is 0 Å². The Bertz CT molecular complexity index is 723. The smallest absolute Gasteiger partial charge is 0.245 e. The van der Waals surface area contributed by atoms with Crippen LogP contribution in [0.2, 0.25) is 5.02 Å². The van der Waals surface area contributed by atoms with E-state index in [2.05, 4.69) is 26.0 Å². The molecule has 0 spiro atoms. The van der Waals surface area contributed by atoms with Crippen molar-refractivity contribution in [1.82, 2.24) is 15.0 Å². The predicted octanol–water partition coefficient (Wildman–Crippen LogP) is 2.40. The van der Waals surface area contributed by atoms with E-state index in [0.29, 0.717) is 22.3 Å². The van der Waals surface area contributed by atoms with Gasteiger partial charge in [-0.15, -0.1) is 0 Å². The number of aromatic nitrogens is 2. The highest BCUT2D eigenvalue weighted by Gasteiger charge is 2.30. The molecule has 2 aromatic rings. The van der Waals surface area contributed by atoms with E-state index >= 15 is 0 Å². The summed E-state index contributed by atoms with van der Waals surface area (Å²) < 4.78 is 5.32. The number of benzene rings is 1. The SMILES string of the molecule is Cc1noc([C@@H]2CN(c3ccc(C#N)c(Cl)c3)CCN2C)n1. The first-order valence-electron chi connectivity index (χ1n) is 7.03. The van der Waals surface area contributed by atoms with Crippen molar-refractivity contribution in [3.63, 3.8) is 0 Å². The normalized spacial score (nSPS) is 19.2.